The molecular weight excluding hydrogens is 226 g/mol. The SMILES string of the molecule is CNc1ccc(-c2nc(CC(C)(C)C)no2)cc1. The lowest BCUT2D eigenvalue weighted by Gasteiger charge is -2.14. The summed E-state index contributed by atoms with van der Waals surface area (Å²) in [7, 11) is 1.89. The van der Waals surface area contributed by atoms with Crippen molar-refractivity contribution in [2.45, 2.75) is 27.2 Å². The van der Waals surface area contributed by atoms with Crippen molar-refractivity contribution in [2.24, 2.45) is 5.41 Å². The van der Waals surface area contributed by atoms with Crippen molar-refractivity contribution >= 4 is 5.69 Å². The van der Waals surface area contributed by atoms with Crippen LogP contribution >= 0.6 is 0 Å². The largest absolute Gasteiger partial charge is 0.388 e. The minimum Gasteiger partial charge on any atom is -0.388 e. The third-order valence-electron chi connectivity index (χ3n) is 2.58. The van der Waals surface area contributed by atoms with Gasteiger partial charge in [-0.25, -0.2) is 0 Å². The van der Waals surface area contributed by atoms with E-state index in [0.29, 0.717) is 5.89 Å². The highest BCUT2D eigenvalue weighted by Gasteiger charge is 2.16. The summed E-state index contributed by atoms with van der Waals surface area (Å²) in [6.07, 6.45) is 0.811. The lowest BCUT2D eigenvalue weighted by Crippen LogP contribution is -2.10. The van der Waals surface area contributed by atoms with Crippen LogP contribution < -0.4 is 5.32 Å². The summed E-state index contributed by atoms with van der Waals surface area (Å²) >= 11 is 0. The van der Waals surface area contributed by atoms with Crippen LogP contribution in [0.25, 0.3) is 11.5 Å². The maximum atomic E-state index is 5.29. The predicted molar refractivity (Wildman–Crippen MR) is 72.4 cm³/mol. The normalized spacial score (nSPS) is 11.6. The van der Waals surface area contributed by atoms with Gasteiger partial charge in [-0.1, -0.05) is 25.9 Å². The van der Waals surface area contributed by atoms with Crippen LogP contribution in [0.15, 0.2) is 28.8 Å². The van der Waals surface area contributed by atoms with Crippen molar-refractivity contribution in [3.8, 4) is 11.5 Å². The van der Waals surface area contributed by atoms with Crippen molar-refractivity contribution in [3.63, 3.8) is 0 Å². The van der Waals surface area contributed by atoms with Crippen molar-refractivity contribution in [1.82, 2.24) is 10.1 Å². The Labute approximate surface area is 107 Å². The van der Waals surface area contributed by atoms with Crippen LogP contribution in [-0.2, 0) is 6.42 Å². The van der Waals surface area contributed by atoms with E-state index < -0.39 is 0 Å². The van der Waals surface area contributed by atoms with Gasteiger partial charge in [0, 0.05) is 24.7 Å². The quantitative estimate of drug-likeness (QED) is 0.900. The molecule has 1 N–H and O–H groups in total. The van der Waals surface area contributed by atoms with E-state index in [9.17, 15) is 0 Å². The molecule has 0 bridgehead atoms. The molecule has 0 aliphatic heterocycles. The molecule has 4 nitrogen and oxygen atoms in total. The monoisotopic (exact) mass is 245 g/mol. The predicted octanol–water partition coefficient (Wildman–Crippen LogP) is 3.37. The number of rotatable bonds is 3. The van der Waals surface area contributed by atoms with Gasteiger partial charge in [-0.2, -0.15) is 4.98 Å². The van der Waals surface area contributed by atoms with Crippen molar-refractivity contribution in [3.05, 3.63) is 30.1 Å². The fraction of sp³-hybridized carbons (Fsp3) is 0.429. The number of anilines is 1. The number of aromatic nitrogens is 2. The second-order valence-electron chi connectivity index (χ2n) is 5.58. The Morgan fingerprint density at radius 2 is 1.83 bits per heavy atom. The van der Waals surface area contributed by atoms with Gasteiger partial charge in [0.25, 0.3) is 5.89 Å². The van der Waals surface area contributed by atoms with E-state index in [1.165, 1.54) is 0 Å². The van der Waals surface area contributed by atoms with Gasteiger partial charge < -0.3 is 9.84 Å². The van der Waals surface area contributed by atoms with Crippen molar-refractivity contribution in [1.29, 1.82) is 0 Å². The van der Waals surface area contributed by atoms with Crippen molar-refractivity contribution in [2.75, 3.05) is 12.4 Å². The number of nitrogens with zero attached hydrogens (tertiary/aromatic N) is 2. The Balaban J connectivity index is 2.18. The molecule has 1 aromatic carbocycles. The summed E-state index contributed by atoms with van der Waals surface area (Å²) in [5.74, 6) is 1.34. The van der Waals surface area contributed by atoms with E-state index in [4.69, 9.17) is 4.52 Å². The summed E-state index contributed by atoms with van der Waals surface area (Å²) in [6, 6.07) is 7.92. The average molecular weight is 245 g/mol. The first-order chi connectivity index (χ1) is 8.48. The van der Waals surface area contributed by atoms with Crippen LogP contribution in [0.4, 0.5) is 5.69 Å². The fourth-order valence-electron chi connectivity index (χ4n) is 1.70. The smallest absolute Gasteiger partial charge is 0.257 e. The molecule has 1 heterocycles. The maximum absolute atomic E-state index is 5.29. The van der Waals surface area contributed by atoms with Gasteiger partial charge in [0.15, 0.2) is 5.82 Å². The Hall–Kier alpha value is -1.84. The van der Waals surface area contributed by atoms with Gasteiger partial charge in [-0.05, 0) is 29.7 Å². The average Bonchev–Trinajstić information content (AvgIpc) is 2.75. The molecule has 2 aromatic rings. The van der Waals surface area contributed by atoms with Crippen LogP contribution in [0.3, 0.4) is 0 Å². The zero-order valence-corrected chi connectivity index (χ0v) is 11.3. The van der Waals surface area contributed by atoms with Crippen LogP contribution in [0, 0.1) is 5.41 Å². The number of nitrogens with one attached hydrogen (secondary N) is 1. The maximum Gasteiger partial charge on any atom is 0.257 e. The molecule has 2 rings (SSSR count). The van der Waals surface area contributed by atoms with Gasteiger partial charge in [-0.15, -0.1) is 0 Å². The number of hydrogen-bond acceptors (Lipinski definition) is 4. The van der Waals surface area contributed by atoms with Crippen LogP contribution in [-0.4, -0.2) is 17.2 Å². The topological polar surface area (TPSA) is 51.0 Å². The fourth-order valence-corrected chi connectivity index (χ4v) is 1.70. The Morgan fingerprint density at radius 3 is 2.39 bits per heavy atom. The molecular formula is C14H19N3O. The minimum atomic E-state index is 0.164. The molecule has 0 saturated heterocycles. The standard InChI is InChI=1S/C14H19N3O/c1-14(2,3)9-12-16-13(18-17-12)10-5-7-11(15-4)8-6-10/h5-8,15H,9H2,1-4H3. The van der Waals surface area contributed by atoms with E-state index in [-0.39, 0.29) is 5.41 Å². The van der Waals surface area contributed by atoms with Gasteiger partial charge in [0.1, 0.15) is 0 Å². The zero-order valence-electron chi connectivity index (χ0n) is 11.3. The van der Waals surface area contributed by atoms with E-state index >= 15 is 0 Å². The highest BCUT2D eigenvalue weighted by atomic mass is 16.5. The second-order valence-corrected chi connectivity index (χ2v) is 5.58. The van der Waals surface area contributed by atoms with E-state index in [1.807, 2.05) is 31.3 Å². The Morgan fingerprint density at radius 1 is 1.17 bits per heavy atom. The summed E-state index contributed by atoms with van der Waals surface area (Å²) in [6.45, 7) is 6.47. The molecule has 4 heteroatoms. The highest BCUT2D eigenvalue weighted by molar-refractivity contribution is 5.58. The second kappa shape index (κ2) is 4.80. The van der Waals surface area contributed by atoms with Gasteiger partial charge in [0.2, 0.25) is 0 Å². The Kier molecular flexibility index (Phi) is 3.36. The summed E-state index contributed by atoms with van der Waals surface area (Å²) in [5.41, 5.74) is 2.17. The molecule has 0 aliphatic carbocycles. The van der Waals surface area contributed by atoms with E-state index in [2.05, 4.69) is 36.2 Å². The molecule has 0 fully saturated rings. The summed E-state index contributed by atoms with van der Waals surface area (Å²) < 4.78 is 5.29. The zero-order chi connectivity index (χ0) is 13.2. The molecule has 0 saturated carbocycles. The van der Waals surface area contributed by atoms with Crippen LogP contribution in [0.5, 0.6) is 0 Å². The molecule has 0 amide bonds. The lowest BCUT2D eigenvalue weighted by molar-refractivity contribution is 0.374. The molecule has 1 aromatic heterocycles. The summed E-state index contributed by atoms with van der Waals surface area (Å²) in [5, 5.41) is 7.09. The molecule has 96 valence electrons. The molecule has 0 unspecified atom stereocenters. The van der Waals surface area contributed by atoms with E-state index in [0.717, 1.165) is 23.5 Å². The summed E-state index contributed by atoms with van der Waals surface area (Å²) in [4.78, 5) is 4.42. The van der Waals surface area contributed by atoms with Gasteiger partial charge >= 0.3 is 0 Å². The first-order valence-electron chi connectivity index (χ1n) is 6.09. The van der Waals surface area contributed by atoms with Crippen LogP contribution in [0.2, 0.25) is 0 Å². The number of hydrogen-bond donors (Lipinski definition) is 1. The first kappa shape index (κ1) is 12.6. The van der Waals surface area contributed by atoms with Gasteiger partial charge in [0.05, 0.1) is 0 Å². The number of benzene rings is 1. The van der Waals surface area contributed by atoms with E-state index in [1.54, 1.807) is 0 Å². The molecule has 18 heavy (non-hydrogen) atoms. The highest BCUT2D eigenvalue weighted by Crippen LogP contribution is 2.23. The van der Waals surface area contributed by atoms with Crippen LogP contribution in [0.1, 0.15) is 26.6 Å². The molecule has 0 radical (unpaired) electrons. The molecule has 0 spiro atoms. The van der Waals surface area contributed by atoms with Crippen molar-refractivity contribution < 1.29 is 4.52 Å². The lowest BCUT2D eigenvalue weighted by atomic mass is 9.92. The third kappa shape index (κ3) is 3.09. The minimum absolute atomic E-state index is 0.164. The van der Waals surface area contributed by atoms with Gasteiger partial charge in [-0.3, -0.25) is 0 Å². The first-order valence-corrected chi connectivity index (χ1v) is 6.09. The molecule has 0 atom stereocenters. The third-order valence-corrected chi connectivity index (χ3v) is 2.58. The molecule has 0 aliphatic rings. The Bertz CT molecular complexity index is 509.